The molecule has 0 saturated carbocycles. The van der Waals surface area contributed by atoms with Crippen molar-refractivity contribution in [2.24, 2.45) is 4.99 Å². The van der Waals surface area contributed by atoms with Crippen molar-refractivity contribution >= 4 is 42.5 Å². The van der Waals surface area contributed by atoms with Crippen molar-refractivity contribution in [3.05, 3.63) is 62.5 Å². The first-order valence-corrected chi connectivity index (χ1v) is 13.8. The predicted molar refractivity (Wildman–Crippen MR) is 131 cm³/mol. The molecular formula is C22H25ClFN4O5PS. The summed E-state index contributed by atoms with van der Waals surface area (Å²) in [7, 11) is -2.29. The molecule has 2 aromatic rings. The maximum Gasteiger partial charge on any atom is 0.405 e. The van der Waals surface area contributed by atoms with Gasteiger partial charge in [0.15, 0.2) is 10.8 Å². The van der Waals surface area contributed by atoms with Gasteiger partial charge in [0.1, 0.15) is 11.9 Å². The topological polar surface area (TPSA) is 102 Å². The summed E-state index contributed by atoms with van der Waals surface area (Å²) in [6.45, 7) is 4.20. The third kappa shape index (κ3) is 5.35. The summed E-state index contributed by atoms with van der Waals surface area (Å²) in [5.41, 5.74) is 1.35. The summed E-state index contributed by atoms with van der Waals surface area (Å²) in [6, 6.07) is 2.73. The molecule has 1 saturated heterocycles. The van der Waals surface area contributed by atoms with Crippen molar-refractivity contribution in [3.8, 4) is 0 Å². The van der Waals surface area contributed by atoms with Crippen LogP contribution < -0.4 is 5.09 Å². The Hall–Kier alpha value is -2.14. The Morgan fingerprint density at radius 2 is 2.09 bits per heavy atom. The van der Waals surface area contributed by atoms with Crippen molar-refractivity contribution in [2.75, 3.05) is 26.9 Å². The monoisotopic (exact) mass is 542 g/mol. The van der Waals surface area contributed by atoms with Gasteiger partial charge < -0.3 is 9.64 Å². The number of hydrogen-bond donors (Lipinski definition) is 1. The molecule has 3 heterocycles. The minimum atomic E-state index is -3.57. The van der Waals surface area contributed by atoms with Crippen molar-refractivity contribution in [3.63, 3.8) is 0 Å². The Balaban J connectivity index is 1.81. The second kappa shape index (κ2) is 10.9. The molecule has 0 aliphatic carbocycles. The second-order valence-electron chi connectivity index (χ2n) is 7.68. The quantitative estimate of drug-likeness (QED) is 0.359. The zero-order valence-corrected chi connectivity index (χ0v) is 21.8. The maximum absolute atomic E-state index is 13.8. The molecular weight excluding hydrogens is 518 g/mol. The highest BCUT2D eigenvalue weighted by Crippen LogP contribution is 2.47. The number of aromatic nitrogens is 1. The maximum atomic E-state index is 13.8. The van der Waals surface area contributed by atoms with E-state index in [2.05, 4.69) is 10.1 Å². The van der Waals surface area contributed by atoms with Gasteiger partial charge in [-0.2, -0.15) is 0 Å². The van der Waals surface area contributed by atoms with Crippen molar-refractivity contribution in [1.82, 2.24) is 15.0 Å². The number of amidine groups is 1. The number of aliphatic imine (C=N–C) groups is 1. The molecule has 2 aliphatic rings. The first-order chi connectivity index (χ1) is 16.8. The summed E-state index contributed by atoms with van der Waals surface area (Å²) in [6.07, 6.45) is 1.97. The zero-order chi connectivity index (χ0) is 25.2. The molecule has 0 spiro atoms. The van der Waals surface area contributed by atoms with E-state index in [-0.39, 0.29) is 29.9 Å². The molecule has 1 N–H and O–H groups in total. The highest BCUT2D eigenvalue weighted by atomic mass is 35.5. The summed E-state index contributed by atoms with van der Waals surface area (Å²) in [5.74, 6) is -0.559. The standard InChI is InChI=1S/C22H25ClFN4O5PS/c1-4-32-34(30,33-5-2)27-14-11-17-18(22(29)31-3)19(15-7-6-13(24)10-16(15)23)26-20(28(17)12-14)21-25-8-9-35-21/h6-10,14,19H,4-5,11-12H2,1-3H3,(H,27,30)/t14-,19-/m0/s1. The molecule has 1 aromatic heterocycles. The summed E-state index contributed by atoms with van der Waals surface area (Å²) >= 11 is 7.77. The van der Waals surface area contributed by atoms with Crippen molar-refractivity contribution in [2.45, 2.75) is 32.4 Å². The Bertz CT molecular complexity index is 1200. The van der Waals surface area contributed by atoms with Gasteiger partial charge in [0.2, 0.25) is 0 Å². The van der Waals surface area contributed by atoms with Gasteiger partial charge in [-0.05, 0) is 26.0 Å². The number of carbonyl (C=O) groups is 1. The molecule has 1 aromatic carbocycles. The molecule has 1 fully saturated rings. The molecule has 0 amide bonds. The van der Waals surface area contributed by atoms with E-state index in [1.165, 1.54) is 36.6 Å². The Morgan fingerprint density at radius 1 is 1.34 bits per heavy atom. The number of ether oxygens (including phenoxy) is 1. The molecule has 4 rings (SSSR count). The van der Waals surface area contributed by atoms with Crippen LogP contribution in [0, 0.1) is 5.82 Å². The van der Waals surface area contributed by atoms with Crippen LogP contribution in [0.4, 0.5) is 4.39 Å². The van der Waals surface area contributed by atoms with Gasteiger partial charge in [0.25, 0.3) is 0 Å². The van der Waals surface area contributed by atoms with Crippen molar-refractivity contribution < 1.29 is 27.5 Å². The van der Waals surface area contributed by atoms with Crippen LogP contribution in [-0.4, -0.2) is 54.6 Å². The van der Waals surface area contributed by atoms with Gasteiger partial charge in [-0.3, -0.25) is 14.0 Å². The van der Waals surface area contributed by atoms with E-state index in [0.29, 0.717) is 35.1 Å². The normalized spacial score (nSPS) is 20.1. The lowest BCUT2D eigenvalue weighted by Gasteiger charge is -2.31. The number of nitrogens with zero attached hydrogens (tertiary/aromatic N) is 3. The van der Waals surface area contributed by atoms with E-state index in [0.717, 1.165) is 0 Å². The Morgan fingerprint density at radius 3 is 2.69 bits per heavy atom. The molecule has 0 unspecified atom stereocenters. The summed E-state index contributed by atoms with van der Waals surface area (Å²) in [4.78, 5) is 24.1. The van der Waals surface area contributed by atoms with E-state index in [4.69, 9.17) is 30.4 Å². The number of hydrogen-bond acceptors (Lipinski definition) is 9. The molecule has 188 valence electrons. The minimum absolute atomic E-state index is 0.137. The number of nitrogens with one attached hydrogen (secondary N) is 1. The highest BCUT2D eigenvalue weighted by molar-refractivity contribution is 7.51. The number of rotatable bonds is 9. The van der Waals surface area contributed by atoms with Gasteiger partial charge in [-0.25, -0.2) is 23.8 Å². The first kappa shape index (κ1) is 25.9. The molecule has 13 heteroatoms. The number of benzene rings is 1. The average molecular weight is 543 g/mol. The van der Waals surface area contributed by atoms with Gasteiger partial charge in [0.05, 0.1) is 25.9 Å². The SMILES string of the molecule is CCOP(=O)(N[C@H]1CC2=C(C(=O)OC)[C@H](c3ccc(F)cc3Cl)N=C(c3nccs3)N2C1)OCC. The second-order valence-corrected chi connectivity index (χ2v) is 10.8. The lowest BCUT2D eigenvalue weighted by atomic mass is 9.94. The number of thiazole rings is 1. The van der Waals surface area contributed by atoms with Crippen LogP contribution in [0.2, 0.25) is 5.02 Å². The Kier molecular flexibility index (Phi) is 8.05. The highest BCUT2D eigenvalue weighted by Gasteiger charge is 2.44. The number of carbonyl (C=O) groups excluding carboxylic acids is 1. The molecule has 9 nitrogen and oxygen atoms in total. The minimum Gasteiger partial charge on any atom is -0.466 e. The molecule has 0 radical (unpaired) electrons. The summed E-state index contributed by atoms with van der Waals surface area (Å²) < 4.78 is 42.8. The fraction of sp³-hybridized carbons (Fsp3) is 0.409. The molecule has 2 aliphatic heterocycles. The van der Waals surface area contributed by atoms with Crippen molar-refractivity contribution in [1.29, 1.82) is 0 Å². The lowest BCUT2D eigenvalue weighted by Crippen LogP contribution is -2.37. The van der Waals surface area contributed by atoms with E-state index in [9.17, 15) is 13.8 Å². The smallest absolute Gasteiger partial charge is 0.405 e. The summed E-state index contributed by atoms with van der Waals surface area (Å²) in [5, 5.41) is 5.59. The largest absolute Gasteiger partial charge is 0.466 e. The lowest BCUT2D eigenvalue weighted by molar-refractivity contribution is -0.136. The molecule has 0 bridgehead atoms. The van der Waals surface area contributed by atoms with E-state index in [1.54, 1.807) is 20.0 Å². The van der Waals surface area contributed by atoms with Gasteiger partial charge in [0, 0.05) is 46.9 Å². The van der Waals surface area contributed by atoms with Crippen LogP contribution >= 0.6 is 30.7 Å². The van der Waals surface area contributed by atoms with E-state index in [1.807, 2.05) is 10.3 Å². The number of methoxy groups -OCH3 is 1. The van der Waals surface area contributed by atoms with E-state index < -0.39 is 25.6 Å². The van der Waals surface area contributed by atoms with Crippen LogP contribution in [0.25, 0.3) is 0 Å². The van der Waals surface area contributed by atoms with Gasteiger partial charge >= 0.3 is 13.7 Å². The fourth-order valence-corrected chi connectivity index (χ4v) is 6.61. The third-order valence-electron chi connectivity index (χ3n) is 5.48. The number of fused-ring (bicyclic) bond motifs is 1. The Labute approximate surface area is 211 Å². The van der Waals surface area contributed by atoms with Crippen LogP contribution in [0.5, 0.6) is 0 Å². The van der Waals surface area contributed by atoms with Gasteiger partial charge in [-0.15, -0.1) is 11.3 Å². The van der Waals surface area contributed by atoms with Crippen LogP contribution in [0.15, 0.2) is 46.0 Å². The zero-order valence-electron chi connectivity index (χ0n) is 19.4. The fourth-order valence-electron chi connectivity index (χ4n) is 4.18. The van der Waals surface area contributed by atoms with Crippen LogP contribution in [0.1, 0.15) is 36.9 Å². The molecule has 2 atom stereocenters. The molecule has 35 heavy (non-hydrogen) atoms. The van der Waals surface area contributed by atoms with Gasteiger partial charge in [-0.1, -0.05) is 17.7 Å². The van der Waals surface area contributed by atoms with Crippen LogP contribution in [0.3, 0.4) is 0 Å². The third-order valence-corrected chi connectivity index (χ3v) is 8.46. The number of halogens is 2. The average Bonchev–Trinajstić information content (AvgIpc) is 3.48. The first-order valence-electron chi connectivity index (χ1n) is 11.0. The number of esters is 1. The predicted octanol–water partition coefficient (Wildman–Crippen LogP) is 4.71. The van der Waals surface area contributed by atoms with Crippen LogP contribution in [-0.2, 0) is 23.1 Å². The van der Waals surface area contributed by atoms with E-state index >= 15 is 0 Å².